The van der Waals surface area contributed by atoms with E-state index in [-0.39, 0.29) is 11.8 Å². The smallest absolute Gasteiger partial charge is 0.316 e. The predicted octanol–water partition coefficient (Wildman–Crippen LogP) is 0.226. The lowest BCUT2D eigenvalue weighted by molar-refractivity contribution is -0.141. The van der Waals surface area contributed by atoms with Crippen molar-refractivity contribution in [2.24, 2.45) is 5.92 Å². The third kappa shape index (κ3) is 5.17. The molecule has 0 saturated carbocycles. The van der Waals surface area contributed by atoms with Gasteiger partial charge in [0.15, 0.2) is 0 Å². The largest absolute Gasteiger partial charge is 0.326 e. The summed E-state index contributed by atoms with van der Waals surface area (Å²) in [7, 11) is 0. The highest BCUT2D eigenvalue weighted by molar-refractivity contribution is 6.42. The van der Waals surface area contributed by atoms with Crippen LogP contribution in [0.3, 0.4) is 0 Å². The van der Waals surface area contributed by atoms with Crippen molar-refractivity contribution in [2.45, 2.75) is 19.8 Å². The summed E-state index contributed by atoms with van der Waals surface area (Å²) in [6.07, 6.45) is 1.28. The number of carbonyl (C=O) groups is 4. The summed E-state index contributed by atoms with van der Waals surface area (Å²) in [5, 5.41) is 10.2. The quantitative estimate of drug-likeness (QED) is 0.591. The van der Waals surface area contributed by atoms with Gasteiger partial charge in [0.2, 0.25) is 11.8 Å². The van der Waals surface area contributed by atoms with Gasteiger partial charge in [-0.3, -0.25) is 24.5 Å². The zero-order valence-electron chi connectivity index (χ0n) is 13.3. The van der Waals surface area contributed by atoms with Crippen LogP contribution in [0.1, 0.15) is 19.8 Å². The fourth-order valence-corrected chi connectivity index (χ4v) is 2.42. The predicted molar refractivity (Wildman–Crippen MR) is 88.1 cm³/mol. The van der Waals surface area contributed by atoms with Crippen LogP contribution in [0, 0.1) is 5.92 Å². The summed E-state index contributed by atoms with van der Waals surface area (Å²) in [4.78, 5) is 46.7. The Balaban J connectivity index is 1.90. The van der Waals surface area contributed by atoms with Crippen molar-refractivity contribution in [2.75, 3.05) is 23.7 Å². The third-order valence-corrected chi connectivity index (χ3v) is 3.59. The Labute approximate surface area is 139 Å². The fraction of sp³-hybridized carbons (Fsp3) is 0.375. The van der Waals surface area contributed by atoms with Crippen LogP contribution in [0.25, 0.3) is 0 Å². The van der Waals surface area contributed by atoms with Gasteiger partial charge in [-0.15, -0.1) is 0 Å². The van der Waals surface area contributed by atoms with E-state index < -0.39 is 17.7 Å². The molecule has 1 heterocycles. The van der Waals surface area contributed by atoms with Crippen LogP contribution in [0.2, 0.25) is 0 Å². The highest BCUT2D eigenvalue weighted by atomic mass is 16.2. The molecule has 8 heteroatoms. The molecule has 0 aliphatic carbocycles. The second-order valence-electron chi connectivity index (χ2n) is 5.56. The summed E-state index contributed by atoms with van der Waals surface area (Å²) in [6, 6.07) is 6.36. The van der Waals surface area contributed by atoms with E-state index >= 15 is 0 Å². The molecule has 8 nitrogen and oxygen atoms in total. The Morgan fingerprint density at radius 3 is 2.25 bits per heavy atom. The van der Waals surface area contributed by atoms with Crippen molar-refractivity contribution in [1.29, 1.82) is 0 Å². The molecule has 1 saturated heterocycles. The molecule has 0 radical (unpaired) electrons. The topological polar surface area (TPSA) is 116 Å². The van der Waals surface area contributed by atoms with Crippen LogP contribution >= 0.6 is 0 Å². The first-order valence-corrected chi connectivity index (χ1v) is 7.70. The van der Waals surface area contributed by atoms with Crippen LogP contribution < -0.4 is 21.3 Å². The monoisotopic (exact) mass is 332 g/mol. The van der Waals surface area contributed by atoms with E-state index in [2.05, 4.69) is 21.3 Å². The number of hydrogen-bond acceptors (Lipinski definition) is 5. The first-order chi connectivity index (χ1) is 11.5. The van der Waals surface area contributed by atoms with E-state index in [1.165, 1.54) is 13.0 Å². The van der Waals surface area contributed by atoms with Gasteiger partial charge in [-0.05, 0) is 44.1 Å². The van der Waals surface area contributed by atoms with E-state index in [1.54, 1.807) is 18.2 Å². The van der Waals surface area contributed by atoms with Crippen molar-refractivity contribution in [3.8, 4) is 0 Å². The SMILES string of the molecule is CC(=O)Nc1cccc(NC(=O)C(=O)NC(=O)C2CCNCC2)c1. The van der Waals surface area contributed by atoms with Gasteiger partial charge in [-0.2, -0.15) is 0 Å². The molecule has 24 heavy (non-hydrogen) atoms. The molecular weight excluding hydrogens is 312 g/mol. The van der Waals surface area contributed by atoms with Gasteiger partial charge in [0.1, 0.15) is 0 Å². The maximum atomic E-state index is 12.0. The fourth-order valence-electron chi connectivity index (χ4n) is 2.42. The number of rotatable bonds is 3. The number of nitrogens with one attached hydrogen (secondary N) is 4. The molecule has 4 amide bonds. The number of hydrogen-bond donors (Lipinski definition) is 4. The van der Waals surface area contributed by atoms with Gasteiger partial charge in [0.25, 0.3) is 0 Å². The van der Waals surface area contributed by atoms with E-state index in [0.29, 0.717) is 37.3 Å². The second-order valence-corrected chi connectivity index (χ2v) is 5.56. The zero-order valence-corrected chi connectivity index (χ0v) is 13.3. The van der Waals surface area contributed by atoms with Gasteiger partial charge in [0.05, 0.1) is 0 Å². The number of amides is 4. The Morgan fingerprint density at radius 2 is 1.62 bits per heavy atom. The maximum absolute atomic E-state index is 12.0. The van der Waals surface area contributed by atoms with Gasteiger partial charge in [0, 0.05) is 24.2 Å². The normalized spacial score (nSPS) is 14.5. The molecule has 1 fully saturated rings. The standard InChI is InChI=1S/C16H20N4O4/c1-10(21)18-12-3-2-4-13(9-12)19-15(23)16(24)20-14(22)11-5-7-17-8-6-11/h2-4,9,11,17H,5-8H2,1H3,(H,18,21)(H,19,23)(H,20,22,24). The lowest BCUT2D eigenvalue weighted by Crippen LogP contribution is -2.44. The summed E-state index contributed by atoms with van der Waals surface area (Å²) >= 11 is 0. The Bertz CT molecular complexity index is 653. The van der Waals surface area contributed by atoms with Crippen molar-refractivity contribution in [3.05, 3.63) is 24.3 Å². The lowest BCUT2D eigenvalue weighted by atomic mass is 9.97. The lowest BCUT2D eigenvalue weighted by Gasteiger charge is -2.21. The van der Waals surface area contributed by atoms with Gasteiger partial charge >= 0.3 is 11.8 Å². The Kier molecular flexibility index (Phi) is 6.02. The minimum atomic E-state index is -0.997. The molecule has 1 aromatic rings. The molecule has 4 N–H and O–H groups in total. The van der Waals surface area contributed by atoms with Crippen LogP contribution in [0.5, 0.6) is 0 Å². The van der Waals surface area contributed by atoms with Gasteiger partial charge in [-0.25, -0.2) is 0 Å². The van der Waals surface area contributed by atoms with Crippen LogP contribution in [0.15, 0.2) is 24.3 Å². The summed E-state index contributed by atoms with van der Waals surface area (Å²) < 4.78 is 0. The molecule has 0 bridgehead atoms. The minimum absolute atomic E-state index is 0.246. The molecule has 1 aliphatic rings. The number of carbonyl (C=O) groups excluding carboxylic acids is 4. The first kappa shape index (κ1) is 17.6. The van der Waals surface area contributed by atoms with Crippen LogP contribution in [-0.4, -0.2) is 36.7 Å². The molecule has 0 spiro atoms. The van der Waals surface area contributed by atoms with Crippen molar-refractivity contribution in [1.82, 2.24) is 10.6 Å². The Morgan fingerprint density at radius 1 is 1.00 bits per heavy atom. The maximum Gasteiger partial charge on any atom is 0.316 e. The number of benzene rings is 1. The third-order valence-electron chi connectivity index (χ3n) is 3.59. The molecule has 1 aromatic carbocycles. The molecule has 0 unspecified atom stereocenters. The Hall–Kier alpha value is -2.74. The average molecular weight is 332 g/mol. The van der Waals surface area contributed by atoms with Crippen molar-refractivity contribution < 1.29 is 19.2 Å². The molecular formula is C16H20N4O4. The summed E-state index contributed by atoms with van der Waals surface area (Å²) in [5.74, 6) is -2.86. The molecule has 2 rings (SSSR count). The van der Waals surface area contributed by atoms with E-state index in [1.807, 2.05) is 0 Å². The molecule has 128 valence electrons. The summed E-state index contributed by atoms with van der Waals surface area (Å²) in [6.45, 7) is 2.80. The number of piperidine rings is 1. The van der Waals surface area contributed by atoms with Crippen LogP contribution in [-0.2, 0) is 19.2 Å². The van der Waals surface area contributed by atoms with E-state index in [0.717, 1.165) is 0 Å². The molecule has 1 aliphatic heterocycles. The van der Waals surface area contributed by atoms with E-state index in [9.17, 15) is 19.2 Å². The highest BCUT2D eigenvalue weighted by Gasteiger charge is 2.25. The second kappa shape index (κ2) is 8.21. The highest BCUT2D eigenvalue weighted by Crippen LogP contribution is 2.15. The van der Waals surface area contributed by atoms with Crippen LogP contribution in [0.4, 0.5) is 11.4 Å². The van der Waals surface area contributed by atoms with Gasteiger partial charge in [-0.1, -0.05) is 6.07 Å². The first-order valence-electron chi connectivity index (χ1n) is 7.70. The molecule has 0 atom stereocenters. The number of imide groups is 1. The number of anilines is 2. The minimum Gasteiger partial charge on any atom is -0.326 e. The zero-order chi connectivity index (χ0) is 17.5. The van der Waals surface area contributed by atoms with Crippen molar-refractivity contribution in [3.63, 3.8) is 0 Å². The van der Waals surface area contributed by atoms with Gasteiger partial charge < -0.3 is 16.0 Å². The van der Waals surface area contributed by atoms with Crippen molar-refractivity contribution >= 4 is 35.0 Å². The van der Waals surface area contributed by atoms with E-state index in [4.69, 9.17) is 0 Å². The summed E-state index contributed by atoms with van der Waals surface area (Å²) in [5.41, 5.74) is 0.835. The average Bonchev–Trinajstić information content (AvgIpc) is 2.55. The molecule has 0 aromatic heterocycles.